The monoisotopic (exact) mass is 262 g/mol. The molecule has 1 heterocycles. The summed E-state index contributed by atoms with van der Waals surface area (Å²) in [6.07, 6.45) is 1.07. The maximum atomic E-state index is 5.44. The van der Waals surface area contributed by atoms with Gasteiger partial charge in [-0.3, -0.25) is 0 Å². The average molecular weight is 263 g/mol. The van der Waals surface area contributed by atoms with Gasteiger partial charge in [0.05, 0.1) is 0 Å². The Kier molecular flexibility index (Phi) is 4.94. The van der Waals surface area contributed by atoms with Crippen LogP contribution in [-0.2, 0) is 6.54 Å². The molecular formula is C9H15BrN2S. The SMILES string of the molecule is CN(CCCN)Cc1cc(Br)cs1. The molecule has 0 aromatic carbocycles. The molecule has 0 saturated heterocycles. The van der Waals surface area contributed by atoms with E-state index in [0.29, 0.717) is 0 Å². The van der Waals surface area contributed by atoms with Crippen molar-refractivity contribution < 1.29 is 0 Å². The molecule has 0 atom stereocenters. The van der Waals surface area contributed by atoms with Crippen LogP contribution >= 0.6 is 27.3 Å². The first-order chi connectivity index (χ1) is 6.22. The number of hydrogen-bond acceptors (Lipinski definition) is 3. The van der Waals surface area contributed by atoms with Crippen LogP contribution in [0.2, 0.25) is 0 Å². The van der Waals surface area contributed by atoms with E-state index >= 15 is 0 Å². The zero-order valence-electron chi connectivity index (χ0n) is 7.79. The predicted molar refractivity (Wildman–Crippen MR) is 62.0 cm³/mol. The standard InChI is InChI=1S/C9H15BrN2S/c1-12(4-2-3-11)6-9-5-8(10)7-13-9/h5,7H,2-4,6,11H2,1H3. The Hall–Kier alpha value is 0.1000. The Morgan fingerprint density at radius 3 is 2.92 bits per heavy atom. The highest BCUT2D eigenvalue weighted by atomic mass is 79.9. The lowest BCUT2D eigenvalue weighted by molar-refractivity contribution is 0.327. The third-order valence-corrected chi connectivity index (χ3v) is 3.47. The zero-order valence-corrected chi connectivity index (χ0v) is 10.2. The molecule has 2 nitrogen and oxygen atoms in total. The summed E-state index contributed by atoms with van der Waals surface area (Å²) >= 11 is 5.24. The van der Waals surface area contributed by atoms with E-state index in [1.165, 1.54) is 9.35 Å². The van der Waals surface area contributed by atoms with E-state index in [2.05, 4.69) is 39.3 Å². The van der Waals surface area contributed by atoms with Gasteiger partial charge in [-0.2, -0.15) is 0 Å². The van der Waals surface area contributed by atoms with Crippen LogP contribution in [0.5, 0.6) is 0 Å². The smallest absolute Gasteiger partial charge is 0.0325 e. The molecule has 0 radical (unpaired) electrons. The van der Waals surface area contributed by atoms with Crippen LogP contribution in [0, 0.1) is 0 Å². The van der Waals surface area contributed by atoms with Crippen LogP contribution in [0.3, 0.4) is 0 Å². The molecule has 74 valence electrons. The summed E-state index contributed by atoms with van der Waals surface area (Å²) in [5.74, 6) is 0. The van der Waals surface area contributed by atoms with Crippen molar-refractivity contribution in [3.05, 3.63) is 20.8 Å². The van der Waals surface area contributed by atoms with Gasteiger partial charge in [0.15, 0.2) is 0 Å². The van der Waals surface area contributed by atoms with E-state index < -0.39 is 0 Å². The second kappa shape index (κ2) is 5.75. The number of nitrogens with zero attached hydrogens (tertiary/aromatic N) is 1. The summed E-state index contributed by atoms with van der Waals surface area (Å²) in [6.45, 7) is 2.88. The van der Waals surface area contributed by atoms with Gasteiger partial charge in [0, 0.05) is 21.3 Å². The fourth-order valence-corrected chi connectivity index (χ4v) is 2.67. The number of thiophene rings is 1. The fraction of sp³-hybridized carbons (Fsp3) is 0.556. The minimum absolute atomic E-state index is 0.776. The van der Waals surface area contributed by atoms with Crippen molar-refractivity contribution in [2.75, 3.05) is 20.1 Å². The molecule has 0 amide bonds. The van der Waals surface area contributed by atoms with Crippen LogP contribution in [0.25, 0.3) is 0 Å². The molecule has 13 heavy (non-hydrogen) atoms. The van der Waals surface area contributed by atoms with E-state index in [9.17, 15) is 0 Å². The van der Waals surface area contributed by atoms with Gasteiger partial charge in [0.2, 0.25) is 0 Å². The van der Waals surface area contributed by atoms with Crippen LogP contribution in [0.4, 0.5) is 0 Å². The van der Waals surface area contributed by atoms with Crippen molar-refractivity contribution in [1.82, 2.24) is 4.90 Å². The van der Waals surface area contributed by atoms with Crippen molar-refractivity contribution in [2.45, 2.75) is 13.0 Å². The lowest BCUT2D eigenvalue weighted by atomic mass is 10.3. The Balaban J connectivity index is 2.31. The molecule has 1 rings (SSSR count). The lowest BCUT2D eigenvalue weighted by Crippen LogP contribution is -2.20. The number of hydrogen-bond donors (Lipinski definition) is 1. The maximum absolute atomic E-state index is 5.44. The fourth-order valence-electron chi connectivity index (χ4n) is 1.14. The number of nitrogens with two attached hydrogens (primary N) is 1. The zero-order chi connectivity index (χ0) is 9.68. The van der Waals surface area contributed by atoms with Crippen LogP contribution in [0.15, 0.2) is 15.9 Å². The van der Waals surface area contributed by atoms with Gasteiger partial charge in [-0.25, -0.2) is 0 Å². The molecule has 1 aromatic rings. The molecule has 0 fully saturated rings. The van der Waals surface area contributed by atoms with Crippen molar-refractivity contribution in [2.24, 2.45) is 5.73 Å². The summed E-state index contributed by atoms with van der Waals surface area (Å²) in [7, 11) is 2.13. The molecule has 0 aliphatic heterocycles. The van der Waals surface area contributed by atoms with Gasteiger partial charge >= 0.3 is 0 Å². The first kappa shape index (κ1) is 11.2. The molecule has 0 aliphatic rings. The Labute approximate surface area is 91.9 Å². The molecule has 0 spiro atoms. The second-order valence-electron chi connectivity index (χ2n) is 3.11. The van der Waals surface area contributed by atoms with Crippen LogP contribution in [-0.4, -0.2) is 25.0 Å². The summed E-state index contributed by atoms with van der Waals surface area (Å²) < 4.78 is 1.18. The summed E-state index contributed by atoms with van der Waals surface area (Å²) in [6, 6.07) is 2.17. The first-order valence-electron chi connectivity index (χ1n) is 4.34. The minimum Gasteiger partial charge on any atom is -0.330 e. The van der Waals surface area contributed by atoms with E-state index in [-0.39, 0.29) is 0 Å². The quantitative estimate of drug-likeness (QED) is 0.883. The molecule has 0 bridgehead atoms. The van der Waals surface area contributed by atoms with E-state index in [1.54, 1.807) is 11.3 Å². The lowest BCUT2D eigenvalue weighted by Gasteiger charge is -2.14. The van der Waals surface area contributed by atoms with Crippen molar-refractivity contribution >= 4 is 27.3 Å². The third kappa shape index (κ3) is 4.22. The summed E-state index contributed by atoms with van der Waals surface area (Å²) in [4.78, 5) is 3.69. The van der Waals surface area contributed by atoms with Gasteiger partial charge in [-0.05, 0) is 48.6 Å². The van der Waals surface area contributed by atoms with E-state index in [4.69, 9.17) is 5.73 Å². The predicted octanol–water partition coefficient (Wildman–Crippen LogP) is 2.29. The third-order valence-electron chi connectivity index (χ3n) is 1.79. The van der Waals surface area contributed by atoms with Crippen molar-refractivity contribution in [3.8, 4) is 0 Å². The average Bonchev–Trinajstić information content (AvgIpc) is 2.48. The number of rotatable bonds is 5. The van der Waals surface area contributed by atoms with Crippen molar-refractivity contribution in [1.29, 1.82) is 0 Å². The minimum atomic E-state index is 0.776. The van der Waals surface area contributed by atoms with Crippen LogP contribution in [0.1, 0.15) is 11.3 Å². The molecule has 0 aliphatic carbocycles. The largest absolute Gasteiger partial charge is 0.330 e. The molecule has 0 unspecified atom stereocenters. The normalized spacial score (nSPS) is 11.1. The summed E-state index contributed by atoms with van der Waals surface area (Å²) in [5, 5.41) is 2.12. The number of halogens is 1. The first-order valence-corrected chi connectivity index (χ1v) is 6.01. The maximum Gasteiger partial charge on any atom is 0.0325 e. The molecular weight excluding hydrogens is 248 g/mol. The second-order valence-corrected chi connectivity index (χ2v) is 5.02. The Bertz CT molecular complexity index is 250. The highest BCUT2D eigenvalue weighted by Gasteiger charge is 2.01. The molecule has 0 saturated carbocycles. The molecule has 2 N–H and O–H groups in total. The van der Waals surface area contributed by atoms with Crippen molar-refractivity contribution in [3.63, 3.8) is 0 Å². The van der Waals surface area contributed by atoms with Gasteiger partial charge < -0.3 is 10.6 Å². The Morgan fingerprint density at radius 1 is 1.62 bits per heavy atom. The van der Waals surface area contributed by atoms with Gasteiger partial charge in [-0.1, -0.05) is 0 Å². The topological polar surface area (TPSA) is 29.3 Å². The molecule has 1 aromatic heterocycles. The van der Waals surface area contributed by atoms with Gasteiger partial charge in [-0.15, -0.1) is 11.3 Å². The van der Waals surface area contributed by atoms with E-state index in [1.807, 2.05) is 0 Å². The highest BCUT2D eigenvalue weighted by molar-refractivity contribution is 9.10. The molecule has 4 heteroatoms. The van der Waals surface area contributed by atoms with Gasteiger partial charge in [0.1, 0.15) is 0 Å². The highest BCUT2D eigenvalue weighted by Crippen LogP contribution is 2.20. The van der Waals surface area contributed by atoms with Crippen LogP contribution < -0.4 is 5.73 Å². The summed E-state index contributed by atoms with van der Waals surface area (Å²) in [5.41, 5.74) is 5.44. The van der Waals surface area contributed by atoms with Gasteiger partial charge in [0.25, 0.3) is 0 Å². The Morgan fingerprint density at radius 2 is 2.38 bits per heavy atom. The van der Waals surface area contributed by atoms with E-state index in [0.717, 1.165) is 26.1 Å².